The minimum atomic E-state index is -0.225. The van der Waals surface area contributed by atoms with Crippen LogP contribution in [0.2, 0.25) is 0 Å². The third kappa shape index (κ3) is 3.67. The molecule has 0 radical (unpaired) electrons. The molecule has 0 saturated carbocycles. The topological polar surface area (TPSA) is 45.7 Å². The monoisotopic (exact) mass is 369 g/mol. The van der Waals surface area contributed by atoms with Crippen LogP contribution >= 0.6 is 0 Å². The third-order valence-corrected chi connectivity index (χ3v) is 5.84. The largest absolute Gasteiger partial charge is 0.373 e. The second-order valence-corrected chi connectivity index (χ2v) is 7.47. The Balaban J connectivity index is 1.36. The van der Waals surface area contributed by atoms with Gasteiger partial charge in [-0.1, -0.05) is 0 Å². The van der Waals surface area contributed by atoms with Crippen molar-refractivity contribution in [2.75, 3.05) is 31.6 Å². The van der Waals surface area contributed by atoms with Crippen molar-refractivity contribution in [2.45, 2.75) is 30.9 Å². The van der Waals surface area contributed by atoms with E-state index < -0.39 is 0 Å². The Morgan fingerprint density at radius 2 is 2.00 bits per heavy atom. The van der Waals surface area contributed by atoms with E-state index in [1.807, 2.05) is 11.9 Å². The molecule has 0 aliphatic carbocycles. The molecule has 1 aromatic carbocycles. The smallest absolute Gasteiger partial charge is 0.255 e. The van der Waals surface area contributed by atoms with Crippen molar-refractivity contribution in [1.82, 2.24) is 9.88 Å². The standard InChI is InChI=1S/C21H24FN3O2/c1-24(18-6-4-17(22)5-7-18)19-13-21(27-15-19)8-11-25(12-9-21)20(26)16-3-2-10-23-14-16/h2-7,10,14,19H,8-9,11-13,15H2,1H3/t19-/m0/s1. The predicted molar refractivity (Wildman–Crippen MR) is 101 cm³/mol. The van der Waals surface area contributed by atoms with Gasteiger partial charge in [0.15, 0.2) is 0 Å². The summed E-state index contributed by atoms with van der Waals surface area (Å²) in [4.78, 5) is 20.7. The normalized spacial score (nSPS) is 21.4. The minimum Gasteiger partial charge on any atom is -0.373 e. The molecular weight excluding hydrogens is 345 g/mol. The van der Waals surface area contributed by atoms with Crippen LogP contribution in [0.3, 0.4) is 0 Å². The van der Waals surface area contributed by atoms with Gasteiger partial charge in [0.1, 0.15) is 5.82 Å². The molecule has 0 unspecified atom stereocenters. The Bertz CT molecular complexity index is 789. The van der Waals surface area contributed by atoms with E-state index in [1.54, 1.807) is 36.7 Å². The average Bonchev–Trinajstić information content (AvgIpc) is 3.12. The fraction of sp³-hybridized carbons (Fsp3) is 0.429. The molecule has 1 atom stereocenters. The SMILES string of the molecule is CN(c1ccc(F)cc1)[C@@H]1COC2(CCN(C(=O)c3cccnc3)CC2)C1. The summed E-state index contributed by atoms with van der Waals surface area (Å²) in [5.41, 5.74) is 1.46. The molecule has 2 aliphatic rings. The number of hydrogen-bond acceptors (Lipinski definition) is 4. The number of pyridine rings is 1. The van der Waals surface area contributed by atoms with E-state index in [4.69, 9.17) is 4.74 Å². The molecule has 3 heterocycles. The van der Waals surface area contributed by atoms with Crippen LogP contribution in [0.5, 0.6) is 0 Å². The Kier molecular flexibility index (Phi) is 4.83. The zero-order valence-corrected chi connectivity index (χ0v) is 15.5. The highest BCUT2D eigenvalue weighted by molar-refractivity contribution is 5.93. The van der Waals surface area contributed by atoms with Crippen molar-refractivity contribution in [2.24, 2.45) is 0 Å². The zero-order valence-electron chi connectivity index (χ0n) is 15.5. The number of carbonyl (C=O) groups excluding carboxylic acids is 1. The Labute approximate surface area is 158 Å². The number of likely N-dealkylation sites (N-methyl/N-ethyl adjacent to an activating group) is 1. The first-order valence-electron chi connectivity index (χ1n) is 9.38. The highest BCUT2D eigenvalue weighted by Crippen LogP contribution is 2.38. The number of anilines is 1. The average molecular weight is 369 g/mol. The van der Waals surface area contributed by atoms with Gasteiger partial charge < -0.3 is 14.5 Å². The van der Waals surface area contributed by atoms with Gasteiger partial charge >= 0.3 is 0 Å². The lowest BCUT2D eigenvalue weighted by Gasteiger charge is -2.39. The molecule has 2 saturated heterocycles. The number of piperidine rings is 1. The molecule has 2 fully saturated rings. The number of amides is 1. The van der Waals surface area contributed by atoms with Crippen molar-refractivity contribution < 1.29 is 13.9 Å². The highest BCUT2D eigenvalue weighted by atomic mass is 19.1. The van der Waals surface area contributed by atoms with Gasteiger partial charge in [-0.3, -0.25) is 9.78 Å². The lowest BCUT2D eigenvalue weighted by Crippen LogP contribution is -2.47. The van der Waals surface area contributed by atoms with Gasteiger partial charge in [-0.25, -0.2) is 4.39 Å². The van der Waals surface area contributed by atoms with E-state index in [0.29, 0.717) is 25.3 Å². The van der Waals surface area contributed by atoms with Gasteiger partial charge in [-0.15, -0.1) is 0 Å². The second kappa shape index (κ2) is 7.27. The fourth-order valence-electron chi connectivity index (χ4n) is 4.09. The maximum atomic E-state index is 13.2. The van der Waals surface area contributed by atoms with Crippen LogP contribution in [0, 0.1) is 5.82 Å². The number of rotatable bonds is 3. The van der Waals surface area contributed by atoms with Crippen LogP contribution in [-0.4, -0.2) is 54.2 Å². The molecule has 27 heavy (non-hydrogen) atoms. The Morgan fingerprint density at radius 1 is 1.26 bits per heavy atom. The number of halogens is 1. The van der Waals surface area contributed by atoms with Gasteiger partial charge in [-0.2, -0.15) is 0 Å². The van der Waals surface area contributed by atoms with Crippen molar-refractivity contribution >= 4 is 11.6 Å². The fourth-order valence-corrected chi connectivity index (χ4v) is 4.09. The van der Waals surface area contributed by atoms with Crippen molar-refractivity contribution in [3.8, 4) is 0 Å². The summed E-state index contributed by atoms with van der Waals surface area (Å²) in [7, 11) is 2.03. The summed E-state index contributed by atoms with van der Waals surface area (Å²) in [6, 6.07) is 10.4. The molecule has 1 aromatic heterocycles. The van der Waals surface area contributed by atoms with Crippen LogP contribution < -0.4 is 4.90 Å². The molecule has 1 spiro atoms. The van der Waals surface area contributed by atoms with E-state index in [9.17, 15) is 9.18 Å². The molecule has 4 rings (SSSR count). The van der Waals surface area contributed by atoms with Crippen molar-refractivity contribution in [3.63, 3.8) is 0 Å². The minimum absolute atomic E-state index is 0.0379. The number of carbonyl (C=O) groups is 1. The summed E-state index contributed by atoms with van der Waals surface area (Å²) >= 11 is 0. The molecule has 142 valence electrons. The quantitative estimate of drug-likeness (QED) is 0.834. The number of benzene rings is 1. The van der Waals surface area contributed by atoms with E-state index >= 15 is 0 Å². The summed E-state index contributed by atoms with van der Waals surface area (Å²) in [5, 5.41) is 0. The number of ether oxygens (including phenoxy) is 1. The first-order valence-corrected chi connectivity index (χ1v) is 9.38. The van der Waals surface area contributed by atoms with Crippen LogP contribution in [0.15, 0.2) is 48.8 Å². The van der Waals surface area contributed by atoms with Crippen LogP contribution in [0.4, 0.5) is 10.1 Å². The van der Waals surface area contributed by atoms with Crippen LogP contribution in [0.25, 0.3) is 0 Å². The summed E-state index contributed by atoms with van der Waals surface area (Å²) < 4.78 is 19.4. The van der Waals surface area contributed by atoms with Crippen LogP contribution in [-0.2, 0) is 4.74 Å². The zero-order chi connectivity index (χ0) is 18.9. The number of hydrogen-bond donors (Lipinski definition) is 0. The van der Waals surface area contributed by atoms with Crippen molar-refractivity contribution in [3.05, 3.63) is 60.2 Å². The van der Waals surface area contributed by atoms with Crippen molar-refractivity contribution in [1.29, 1.82) is 0 Å². The van der Waals surface area contributed by atoms with E-state index in [0.717, 1.165) is 24.9 Å². The molecule has 2 aliphatic heterocycles. The maximum Gasteiger partial charge on any atom is 0.255 e. The molecule has 6 heteroatoms. The highest BCUT2D eigenvalue weighted by Gasteiger charge is 2.44. The van der Waals surface area contributed by atoms with E-state index in [1.165, 1.54) is 12.1 Å². The first kappa shape index (κ1) is 17.9. The Hall–Kier alpha value is -2.47. The molecule has 2 aromatic rings. The van der Waals surface area contributed by atoms with E-state index in [-0.39, 0.29) is 23.4 Å². The second-order valence-electron chi connectivity index (χ2n) is 7.47. The summed E-state index contributed by atoms with van der Waals surface area (Å²) in [5.74, 6) is -0.187. The van der Waals surface area contributed by atoms with Gasteiger partial charge in [-0.05, 0) is 55.7 Å². The summed E-state index contributed by atoms with van der Waals surface area (Å²) in [6.45, 7) is 2.05. The maximum absolute atomic E-state index is 13.2. The molecule has 1 amide bonds. The van der Waals surface area contributed by atoms with Gasteiger partial charge in [0, 0.05) is 38.2 Å². The Morgan fingerprint density at radius 3 is 2.67 bits per heavy atom. The number of aromatic nitrogens is 1. The van der Waals surface area contributed by atoms with E-state index in [2.05, 4.69) is 9.88 Å². The third-order valence-electron chi connectivity index (χ3n) is 5.84. The molecule has 0 N–H and O–H groups in total. The number of likely N-dealkylation sites (tertiary alicyclic amines) is 1. The van der Waals surface area contributed by atoms with Gasteiger partial charge in [0.05, 0.1) is 23.8 Å². The number of nitrogens with zero attached hydrogens (tertiary/aromatic N) is 3. The first-order chi connectivity index (χ1) is 13.1. The molecule has 5 nitrogen and oxygen atoms in total. The van der Waals surface area contributed by atoms with Crippen LogP contribution in [0.1, 0.15) is 29.6 Å². The van der Waals surface area contributed by atoms with Gasteiger partial charge in [0.2, 0.25) is 0 Å². The van der Waals surface area contributed by atoms with Gasteiger partial charge in [0.25, 0.3) is 5.91 Å². The lowest BCUT2D eigenvalue weighted by molar-refractivity contribution is -0.0388. The molecular formula is C21H24FN3O2. The summed E-state index contributed by atoms with van der Waals surface area (Å²) in [6.07, 6.45) is 5.90. The lowest BCUT2D eigenvalue weighted by atomic mass is 9.87. The predicted octanol–water partition coefficient (Wildman–Crippen LogP) is 3.12. The molecule has 0 bridgehead atoms.